The molecule has 0 aliphatic rings. The van der Waals surface area contributed by atoms with Gasteiger partial charge in [-0.15, -0.1) is 0 Å². The maximum Gasteiger partial charge on any atom is 0.264 e. The smallest absolute Gasteiger partial charge is 0.264 e. The Morgan fingerprint density at radius 3 is 2.12 bits per heavy atom. The molecule has 41 heavy (non-hydrogen) atoms. The van der Waals surface area contributed by atoms with Crippen LogP contribution in [0.2, 0.25) is 10.0 Å². The van der Waals surface area contributed by atoms with E-state index < -0.39 is 28.5 Å². The van der Waals surface area contributed by atoms with Crippen molar-refractivity contribution in [2.45, 2.75) is 58.5 Å². The van der Waals surface area contributed by atoms with Crippen LogP contribution in [0.15, 0.2) is 71.6 Å². The van der Waals surface area contributed by atoms with Crippen LogP contribution >= 0.6 is 23.2 Å². The van der Waals surface area contributed by atoms with Crippen molar-refractivity contribution in [3.05, 3.63) is 93.5 Å². The summed E-state index contributed by atoms with van der Waals surface area (Å²) in [6.45, 7) is 9.30. The minimum Gasteiger partial charge on any atom is -0.354 e. The lowest BCUT2D eigenvalue weighted by atomic mass is 10.1. The first-order chi connectivity index (χ1) is 19.4. The fraction of sp³-hybridized carbons (Fsp3) is 0.355. The molecule has 0 bridgehead atoms. The summed E-state index contributed by atoms with van der Waals surface area (Å²) in [6.07, 6.45) is 0.298. The highest BCUT2D eigenvalue weighted by atomic mass is 35.5. The molecule has 220 valence electrons. The van der Waals surface area contributed by atoms with Gasteiger partial charge in [-0.25, -0.2) is 8.42 Å². The van der Waals surface area contributed by atoms with Crippen molar-refractivity contribution in [1.82, 2.24) is 10.2 Å². The highest BCUT2D eigenvalue weighted by Crippen LogP contribution is 2.30. The first-order valence-corrected chi connectivity index (χ1v) is 15.7. The zero-order chi connectivity index (χ0) is 30.3. The fourth-order valence-corrected chi connectivity index (χ4v) is 6.53. The second kappa shape index (κ2) is 14.2. The monoisotopic (exact) mass is 617 g/mol. The van der Waals surface area contributed by atoms with Crippen molar-refractivity contribution in [3.8, 4) is 0 Å². The van der Waals surface area contributed by atoms with Crippen LogP contribution < -0.4 is 9.62 Å². The van der Waals surface area contributed by atoms with Crippen molar-refractivity contribution in [3.63, 3.8) is 0 Å². The van der Waals surface area contributed by atoms with Gasteiger partial charge in [-0.2, -0.15) is 0 Å². The van der Waals surface area contributed by atoms with Crippen molar-refractivity contribution in [2.75, 3.05) is 17.4 Å². The summed E-state index contributed by atoms with van der Waals surface area (Å²) in [4.78, 5) is 29.0. The van der Waals surface area contributed by atoms with Gasteiger partial charge in [-0.1, -0.05) is 85.9 Å². The van der Waals surface area contributed by atoms with E-state index in [2.05, 4.69) is 5.32 Å². The molecule has 3 aromatic carbocycles. The number of halogens is 2. The Balaban J connectivity index is 2.11. The molecule has 0 fully saturated rings. The molecule has 1 unspecified atom stereocenters. The van der Waals surface area contributed by atoms with Gasteiger partial charge in [0.15, 0.2) is 0 Å². The van der Waals surface area contributed by atoms with Crippen molar-refractivity contribution in [2.24, 2.45) is 5.92 Å². The van der Waals surface area contributed by atoms with E-state index >= 15 is 0 Å². The molecule has 1 N–H and O–H groups in total. The quantitative estimate of drug-likeness (QED) is 0.255. The number of hydrogen-bond acceptors (Lipinski definition) is 4. The molecule has 3 rings (SSSR count). The number of amides is 2. The maximum absolute atomic E-state index is 14.2. The van der Waals surface area contributed by atoms with Crippen LogP contribution in [0.3, 0.4) is 0 Å². The van der Waals surface area contributed by atoms with Crippen LogP contribution in [0.25, 0.3) is 0 Å². The molecule has 0 aliphatic carbocycles. The Kier molecular flexibility index (Phi) is 11.2. The Morgan fingerprint density at radius 1 is 0.927 bits per heavy atom. The van der Waals surface area contributed by atoms with Crippen molar-refractivity contribution >= 4 is 50.7 Å². The van der Waals surface area contributed by atoms with Gasteiger partial charge in [-0.3, -0.25) is 13.9 Å². The third kappa shape index (κ3) is 8.03. The van der Waals surface area contributed by atoms with E-state index in [9.17, 15) is 18.0 Å². The number of carbonyl (C=O) groups is 2. The number of anilines is 1. The maximum atomic E-state index is 14.2. The van der Waals surface area contributed by atoms with Gasteiger partial charge in [0.25, 0.3) is 10.0 Å². The van der Waals surface area contributed by atoms with Crippen LogP contribution in [-0.4, -0.2) is 44.3 Å². The molecular formula is C31H37Cl2N3O4S. The molecule has 1 atom stereocenters. The summed E-state index contributed by atoms with van der Waals surface area (Å²) in [5, 5.41) is 3.60. The minimum atomic E-state index is -4.15. The summed E-state index contributed by atoms with van der Waals surface area (Å²) in [5.41, 5.74) is 2.50. The highest BCUT2D eigenvalue weighted by Gasteiger charge is 2.34. The number of aryl methyl sites for hydroxylation is 2. The van der Waals surface area contributed by atoms with Crippen molar-refractivity contribution < 1.29 is 18.0 Å². The van der Waals surface area contributed by atoms with Crippen molar-refractivity contribution in [1.29, 1.82) is 0 Å². The zero-order valence-corrected chi connectivity index (χ0v) is 26.4. The molecule has 3 aromatic rings. The first-order valence-electron chi connectivity index (χ1n) is 13.5. The lowest BCUT2D eigenvalue weighted by Crippen LogP contribution is -2.52. The number of hydrogen-bond donors (Lipinski definition) is 1. The zero-order valence-electron chi connectivity index (χ0n) is 24.0. The van der Waals surface area contributed by atoms with Gasteiger partial charge in [-0.05, 0) is 62.1 Å². The minimum absolute atomic E-state index is 0.0511. The second-order valence-corrected chi connectivity index (χ2v) is 13.1. The van der Waals surface area contributed by atoms with Gasteiger partial charge in [0.2, 0.25) is 11.8 Å². The highest BCUT2D eigenvalue weighted by molar-refractivity contribution is 7.92. The van der Waals surface area contributed by atoms with E-state index in [-0.39, 0.29) is 23.3 Å². The fourth-order valence-electron chi connectivity index (χ4n) is 4.51. The van der Waals surface area contributed by atoms with Crippen LogP contribution in [-0.2, 0) is 26.2 Å². The van der Waals surface area contributed by atoms with E-state index in [0.717, 1.165) is 9.87 Å². The molecule has 10 heteroatoms. The summed E-state index contributed by atoms with van der Waals surface area (Å²) >= 11 is 12.9. The van der Waals surface area contributed by atoms with E-state index in [1.165, 1.54) is 17.0 Å². The van der Waals surface area contributed by atoms with Gasteiger partial charge >= 0.3 is 0 Å². The predicted octanol–water partition coefficient (Wildman–Crippen LogP) is 6.39. The van der Waals surface area contributed by atoms with E-state index in [0.29, 0.717) is 39.8 Å². The molecule has 7 nitrogen and oxygen atoms in total. The summed E-state index contributed by atoms with van der Waals surface area (Å²) < 4.78 is 29.1. The lowest BCUT2D eigenvalue weighted by Gasteiger charge is -2.34. The lowest BCUT2D eigenvalue weighted by molar-refractivity contribution is -0.140. The van der Waals surface area contributed by atoms with Crippen LogP contribution in [0.5, 0.6) is 0 Å². The average molecular weight is 619 g/mol. The molecule has 0 aromatic heterocycles. The van der Waals surface area contributed by atoms with E-state index in [4.69, 9.17) is 23.2 Å². The molecule has 0 radical (unpaired) electrons. The predicted molar refractivity (Wildman–Crippen MR) is 166 cm³/mol. The normalized spacial score (nSPS) is 12.2. The molecule has 0 saturated heterocycles. The number of benzene rings is 3. The largest absolute Gasteiger partial charge is 0.354 e. The number of carbonyl (C=O) groups excluding carboxylic acids is 2. The summed E-state index contributed by atoms with van der Waals surface area (Å²) in [6, 6.07) is 17.5. The first kappa shape index (κ1) is 32.4. The van der Waals surface area contributed by atoms with Crippen LogP contribution in [0, 0.1) is 19.8 Å². The second-order valence-electron chi connectivity index (χ2n) is 10.4. The van der Waals surface area contributed by atoms with E-state index in [1.54, 1.807) is 62.4 Å². The number of rotatable bonds is 12. The van der Waals surface area contributed by atoms with E-state index in [1.807, 2.05) is 26.8 Å². The molecular weight excluding hydrogens is 581 g/mol. The Morgan fingerprint density at radius 2 is 1.56 bits per heavy atom. The van der Waals surface area contributed by atoms with Gasteiger partial charge in [0, 0.05) is 28.7 Å². The molecule has 0 aliphatic heterocycles. The average Bonchev–Trinajstić information content (AvgIpc) is 2.92. The molecule has 0 heterocycles. The van der Waals surface area contributed by atoms with Crippen LogP contribution in [0.1, 0.15) is 43.9 Å². The summed E-state index contributed by atoms with van der Waals surface area (Å²) in [5.74, 6) is -0.691. The number of nitrogens with zero attached hydrogens (tertiary/aromatic N) is 2. The third-order valence-corrected chi connectivity index (χ3v) is 9.17. The SMILES string of the molecule is CCC(C(=O)NCC(C)C)N(Cc1c(Cl)cccc1Cl)C(=O)CN(c1ccc(C)cc1C)S(=O)(=O)c1ccccc1. The topological polar surface area (TPSA) is 86.8 Å². The van der Waals surface area contributed by atoms with Gasteiger partial charge in [0.05, 0.1) is 10.6 Å². The van der Waals surface area contributed by atoms with Gasteiger partial charge in [0.1, 0.15) is 12.6 Å². The molecule has 2 amide bonds. The Bertz CT molecular complexity index is 1460. The van der Waals surface area contributed by atoms with Gasteiger partial charge < -0.3 is 10.2 Å². The molecule has 0 spiro atoms. The number of nitrogens with one attached hydrogen (secondary N) is 1. The third-order valence-electron chi connectivity index (χ3n) is 6.69. The van der Waals surface area contributed by atoms with Crippen LogP contribution in [0.4, 0.5) is 5.69 Å². The molecule has 0 saturated carbocycles. The Hall–Kier alpha value is -3.07. The Labute approximate surface area is 253 Å². The summed E-state index contributed by atoms with van der Waals surface area (Å²) in [7, 11) is -4.15. The standard InChI is InChI=1S/C31H37Cl2N3O4S/c1-6-28(31(38)34-18-21(2)3)35(19-25-26(32)13-10-14-27(25)33)30(37)20-36(29-16-15-22(4)17-23(29)5)41(39,40)24-11-8-7-9-12-24/h7-17,21,28H,6,18-20H2,1-5H3,(H,34,38). The number of sulfonamides is 1.